The summed E-state index contributed by atoms with van der Waals surface area (Å²) in [5.41, 5.74) is 6.56. The van der Waals surface area contributed by atoms with E-state index >= 15 is 0 Å². The molecule has 0 aromatic heterocycles. The number of nitrogens with one attached hydrogen (secondary N) is 1. The highest BCUT2D eigenvalue weighted by Crippen LogP contribution is 2.26. The Balaban J connectivity index is 2.64. The van der Waals surface area contributed by atoms with Crippen molar-refractivity contribution in [2.45, 2.75) is 32.9 Å². The zero-order chi connectivity index (χ0) is 13.5. The molecule has 100 valence electrons. The zero-order valence-electron chi connectivity index (χ0n) is 10.7. The molecule has 0 aliphatic rings. The zero-order valence-corrected chi connectivity index (χ0v) is 12.3. The molecular weight excluding hydrogens is 296 g/mol. The van der Waals surface area contributed by atoms with E-state index in [9.17, 15) is 4.79 Å². The first kappa shape index (κ1) is 15.0. The third-order valence-corrected chi connectivity index (χ3v) is 3.07. The van der Waals surface area contributed by atoms with Crippen LogP contribution in [0.5, 0.6) is 5.75 Å². The van der Waals surface area contributed by atoms with Crippen molar-refractivity contribution in [3.05, 3.63) is 28.2 Å². The van der Waals surface area contributed by atoms with E-state index in [1.54, 1.807) is 6.92 Å². The van der Waals surface area contributed by atoms with Crippen LogP contribution in [0, 0.1) is 0 Å². The molecule has 4 nitrogen and oxygen atoms in total. The van der Waals surface area contributed by atoms with Crippen molar-refractivity contribution in [3.63, 3.8) is 0 Å². The average Bonchev–Trinajstić information content (AvgIpc) is 2.38. The van der Waals surface area contributed by atoms with Crippen LogP contribution in [0.2, 0.25) is 0 Å². The first-order chi connectivity index (χ1) is 8.58. The van der Waals surface area contributed by atoms with Gasteiger partial charge in [-0.05, 0) is 47.0 Å². The van der Waals surface area contributed by atoms with E-state index in [2.05, 4.69) is 21.2 Å². The van der Waals surface area contributed by atoms with Crippen molar-refractivity contribution in [1.29, 1.82) is 0 Å². The van der Waals surface area contributed by atoms with Gasteiger partial charge in [-0.1, -0.05) is 13.0 Å². The number of hydrogen-bond acceptors (Lipinski definition) is 3. The second-order valence-corrected chi connectivity index (χ2v) is 4.87. The normalized spacial score (nSPS) is 12.0. The van der Waals surface area contributed by atoms with E-state index in [0.29, 0.717) is 18.8 Å². The van der Waals surface area contributed by atoms with Gasteiger partial charge in [0.15, 0.2) is 6.10 Å². The lowest BCUT2D eigenvalue weighted by Gasteiger charge is -2.16. The average molecular weight is 315 g/mol. The predicted molar refractivity (Wildman–Crippen MR) is 75.4 cm³/mol. The Kier molecular flexibility index (Phi) is 6.15. The summed E-state index contributed by atoms with van der Waals surface area (Å²) in [5, 5.41) is 2.80. The summed E-state index contributed by atoms with van der Waals surface area (Å²) < 4.78 is 6.41. The van der Waals surface area contributed by atoms with Crippen LogP contribution in [0.15, 0.2) is 22.7 Å². The molecular formula is C13H19BrN2O2. The Labute approximate surface area is 116 Å². The molecule has 1 atom stereocenters. The molecule has 0 spiro atoms. The number of amides is 1. The topological polar surface area (TPSA) is 64.3 Å². The molecule has 1 rings (SSSR count). The van der Waals surface area contributed by atoms with E-state index in [1.165, 1.54) is 0 Å². The van der Waals surface area contributed by atoms with E-state index in [4.69, 9.17) is 10.5 Å². The van der Waals surface area contributed by atoms with Crippen molar-refractivity contribution in [3.8, 4) is 5.75 Å². The Morgan fingerprint density at radius 1 is 1.56 bits per heavy atom. The number of rotatable bonds is 6. The van der Waals surface area contributed by atoms with Crippen molar-refractivity contribution < 1.29 is 9.53 Å². The SMILES string of the molecule is CCCNC(=O)C(C)Oc1ccc(CN)cc1Br. The third-order valence-electron chi connectivity index (χ3n) is 2.45. The highest BCUT2D eigenvalue weighted by Gasteiger charge is 2.15. The smallest absolute Gasteiger partial charge is 0.260 e. The number of nitrogens with two attached hydrogens (primary N) is 1. The fourth-order valence-corrected chi connectivity index (χ4v) is 1.92. The van der Waals surface area contributed by atoms with Crippen LogP contribution in [0.3, 0.4) is 0 Å². The minimum absolute atomic E-state index is 0.105. The Hall–Kier alpha value is -1.07. The maximum absolute atomic E-state index is 11.7. The first-order valence-corrected chi connectivity index (χ1v) is 6.80. The van der Waals surface area contributed by atoms with Crippen LogP contribution in [-0.4, -0.2) is 18.6 Å². The molecule has 0 bridgehead atoms. The molecule has 0 radical (unpaired) electrons. The summed E-state index contributed by atoms with van der Waals surface area (Å²) in [6, 6.07) is 5.60. The van der Waals surface area contributed by atoms with Gasteiger partial charge < -0.3 is 15.8 Å². The molecule has 1 unspecified atom stereocenters. The van der Waals surface area contributed by atoms with Gasteiger partial charge in [0.1, 0.15) is 5.75 Å². The van der Waals surface area contributed by atoms with Gasteiger partial charge in [0.2, 0.25) is 0 Å². The van der Waals surface area contributed by atoms with Crippen LogP contribution >= 0.6 is 15.9 Å². The highest BCUT2D eigenvalue weighted by molar-refractivity contribution is 9.10. The highest BCUT2D eigenvalue weighted by atomic mass is 79.9. The molecule has 5 heteroatoms. The third kappa shape index (κ3) is 4.31. The largest absolute Gasteiger partial charge is 0.480 e. The van der Waals surface area contributed by atoms with Gasteiger partial charge in [-0.3, -0.25) is 4.79 Å². The van der Waals surface area contributed by atoms with Gasteiger partial charge in [-0.2, -0.15) is 0 Å². The summed E-state index contributed by atoms with van der Waals surface area (Å²) in [7, 11) is 0. The Morgan fingerprint density at radius 2 is 2.28 bits per heavy atom. The van der Waals surface area contributed by atoms with Crippen molar-refractivity contribution >= 4 is 21.8 Å². The Bertz CT molecular complexity index is 410. The lowest BCUT2D eigenvalue weighted by molar-refractivity contribution is -0.127. The van der Waals surface area contributed by atoms with Crippen LogP contribution < -0.4 is 15.8 Å². The summed E-state index contributed by atoms with van der Waals surface area (Å²) in [4.78, 5) is 11.7. The molecule has 1 aromatic carbocycles. The van der Waals surface area contributed by atoms with Crippen molar-refractivity contribution in [2.24, 2.45) is 5.73 Å². The number of carbonyl (C=O) groups excluding carboxylic acids is 1. The molecule has 0 aliphatic heterocycles. The maximum Gasteiger partial charge on any atom is 0.260 e. The maximum atomic E-state index is 11.7. The first-order valence-electron chi connectivity index (χ1n) is 6.01. The van der Waals surface area contributed by atoms with Crippen molar-refractivity contribution in [1.82, 2.24) is 5.32 Å². The molecule has 1 amide bonds. The van der Waals surface area contributed by atoms with Gasteiger partial charge in [0.05, 0.1) is 4.47 Å². The van der Waals surface area contributed by atoms with E-state index in [0.717, 1.165) is 16.5 Å². The van der Waals surface area contributed by atoms with Gasteiger partial charge in [-0.15, -0.1) is 0 Å². The lowest BCUT2D eigenvalue weighted by atomic mass is 10.2. The molecule has 0 saturated heterocycles. The summed E-state index contributed by atoms with van der Waals surface area (Å²) >= 11 is 3.41. The second kappa shape index (κ2) is 7.38. The number of ether oxygens (including phenoxy) is 1. The molecule has 0 fully saturated rings. The van der Waals surface area contributed by atoms with Crippen LogP contribution in [0.4, 0.5) is 0 Å². The van der Waals surface area contributed by atoms with Crippen LogP contribution in [0.1, 0.15) is 25.8 Å². The standard InChI is InChI=1S/C13H19BrN2O2/c1-3-6-16-13(17)9(2)18-12-5-4-10(8-15)7-11(12)14/h4-5,7,9H,3,6,8,15H2,1-2H3,(H,16,17). The molecule has 0 aliphatic carbocycles. The molecule has 0 saturated carbocycles. The fourth-order valence-electron chi connectivity index (χ4n) is 1.40. The van der Waals surface area contributed by atoms with E-state index < -0.39 is 6.10 Å². The number of hydrogen-bond donors (Lipinski definition) is 2. The van der Waals surface area contributed by atoms with Crippen molar-refractivity contribution in [2.75, 3.05) is 6.54 Å². The fraction of sp³-hybridized carbons (Fsp3) is 0.462. The monoisotopic (exact) mass is 314 g/mol. The van der Waals surface area contributed by atoms with Gasteiger partial charge in [-0.25, -0.2) is 0 Å². The Morgan fingerprint density at radius 3 is 2.83 bits per heavy atom. The molecule has 1 aromatic rings. The molecule has 3 N–H and O–H groups in total. The lowest BCUT2D eigenvalue weighted by Crippen LogP contribution is -2.36. The van der Waals surface area contributed by atoms with Gasteiger partial charge >= 0.3 is 0 Å². The second-order valence-electron chi connectivity index (χ2n) is 4.02. The van der Waals surface area contributed by atoms with Crippen LogP contribution in [0.25, 0.3) is 0 Å². The molecule has 18 heavy (non-hydrogen) atoms. The summed E-state index contributed by atoms with van der Waals surface area (Å²) in [6.45, 7) is 4.88. The molecule has 0 heterocycles. The van der Waals surface area contributed by atoms with E-state index in [1.807, 2.05) is 25.1 Å². The van der Waals surface area contributed by atoms with Gasteiger partial charge in [0, 0.05) is 13.1 Å². The van der Waals surface area contributed by atoms with Crippen LogP contribution in [-0.2, 0) is 11.3 Å². The number of carbonyl (C=O) groups is 1. The van der Waals surface area contributed by atoms with Gasteiger partial charge in [0.25, 0.3) is 5.91 Å². The minimum atomic E-state index is -0.517. The minimum Gasteiger partial charge on any atom is -0.480 e. The summed E-state index contributed by atoms with van der Waals surface area (Å²) in [5.74, 6) is 0.540. The summed E-state index contributed by atoms with van der Waals surface area (Å²) in [6.07, 6.45) is 0.393. The quantitative estimate of drug-likeness (QED) is 0.846. The predicted octanol–water partition coefficient (Wildman–Crippen LogP) is 2.20. The van der Waals surface area contributed by atoms with E-state index in [-0.39, 0.29) is 5.91 Å². The number of benzene rings is 1. The number of halogens is 1.